The Balaban J connectivity index is 1.70. The van der Waals surface area contributed by atoms with Crippen molar-refractivity contribution in [3.63, 3.8) is 0 Å². The summed E-state index contributed by atoms with van der Waals surface area (Å²) >= 11 is 5.93. The zero-order valence-electron chi connectivity index (χ0n) is 10.4. The van der Waals surface area contributed by atoms with Crippen molar-refractivity contribution in [2.45, 2.75) is 37.6 Å². The van der Waals surface area contributed by atoms with Crippen molar-refractivity contribution >= 4 is 17.4 Å². The van der Waals surface area contributed by atoms with Crippen LogP contribution in [0.1, 0.15) is 37.2 Å². The monoisotopic (exact) mass is 263 g/mol. The lowest BCUT2D eigenvalue weighted by Gasteiger charge is -2.42. The number of rotatable bonds is 1. The lowest BCUT2D eigenvalue weighted by atomic mass is 9.84. The zero-order chi connectivity index (χ0) is 12.5. The number of nitrogens with zero attached hydrogens (tertiary/aromatic N) is 1. The van der Waals surface area contributed by atoms with E-state index in [-0.39, 0.29) is 0 Å². The Bertz CT molecular complexity index is 442. The van der Waals surface area contributed by atoms with Gasteiger partial charge in [-0.2, -0.15) is 0 Å². The molecule has 2 aliphatic rings. The molecule has 2 nitrogen and oxygen atoms in total. The smallest absolute Gasteiger partial charge is 0.135 e. The fraction of sp³-hybridized carbons (Fsp3) is 0.533. The average molecular weight is 264 g/mol. The zero-order valence-corrected chi connectivity index (χ0v) is 11.2. The molecule has 2 heterocycles. The first-order valence-electron chi connectivity index (χ1n) is 6.73. The van der Waals surface area contributed by atoms with Gasteiger partial charge in [-0.25, -0.2) is 0 Å². The highest BCUT2D eigenvalue weighted by Crippen LogP contribution is 2.33. The minimum atomic E-state index is 0.446. The molecule has 0 amide bonds. The summed E-state index contributed by atoms with van der Waals surface area (Å²) in [5.41, 5.74) is 1.38. The summed E-state index contributed by atoms with van der Waals surface area (Å²) in [5.74, 6) is 1.05. The van der Waals surface area contributed by atoms with Gasteiger partial charge in [-0.3, -0.25) is 9.69 Å². The number of piperidine rings is 2. The second-order valence-corrected chi connectivity index (χ2v) is 5.90. The second-order valence-electron chi connectivity index (χ2n) is 5.47. The van der Waals surface area contributed by atoms with Crippen molar-refractivity contribution in [1.82, 2.24) is 4.90 Å². The number of carbonyl (C=O) groups excluding carboxylic acids is 1. The largest absolute Gasteiger partial charge is 0.300 e. The fourth-order valence-corrected chi connectivity index (χ4v) is 3.37. The van der Waals surface area contributed by atoms with Gasteiger partial charge in [0.2, 0.25) is 0 Å². The predicted molar refractivity (Wildman–Crippen MR) is 73.0 cm³/mol. The van der Waals surface area contributed by atoms with Gasteiger partial charge in [0.15, 0.2) is 0 Å². The first kappa shape index (κ1) is 12.2. The number of halogens is 1. The van der Waals surface area contributed by atoms with Crippen LogP contribution in [0.2, 0.25) is 5.02 Å². The van der Waals surface area contributed by atoms with Crippen molar-refractivity contribution in [3.05, 3.63) is 34.9 Å². The van der Waals surface area contributed by atoms with Gasteiger partial charge in [0.1, 0.15) is 5.78 Å². The van der Waals surface area contributed by atoms with E-state index >= 15 is 0 Å². The molecule has 0 N–H and O–H groups in total. The van der Waals surface area contributed by atoms with E-state index < -0.39 is 0 Å². The topological polar surface area (TPSA) is 20.3 Å². The number of hydrogen-bond acceptors (Lipinski definition) is 2. The molecule has 18 heavy (non-hydrogen) atoms. The van der Waals surface area contributed by atoms with E-state index in [4.69, 9.17) is 11.6 Å². The predicted octanol–water partition coefficient (Wildman–Crippen LogP) is 3.25. The number of ketones is 1. The van der Waals surface area contributed by atoms with Gasteiger partial charge in [-0.05, 0) is 36.5 Å². The van der Waals surface area contributed by atoms with Crippen molar-refractivity contribution < 1.29 is 4.79 Å². The molecule has 1 aromatic carbocycles. The lowest BCUT2D eigenvalue weighted by Crippen LogP contribution is -2.47. The number of Topliss-reactive ketones (excluding diaryl/α,β-unsaturated/α-hetero) is 1. The first-order valence-corrected chi connectivity index (χ1v) is 7.11. The molecule has 0 spiro atoms. The Morgan fingerprint density at radius 3 is 2.72 bits per heavy atom. The molecule has 96 valence electrons. The molecular formula is C15H18ClNO. The van der Waals surface area contributed by atoms with E-state index in [1.165, 1.54) is 12.0 Å². The molecule has 0 saturated carbocycles. The third kappa shape index (κ3) is 2.45. The number of hydrogen-bond donors (Lipinski definition) is 0. The Morgan fingerprint density at radius 2 is 1.94 bits per heavy atom. The second kappa shape index (κ2) is 5.02. The Morgan fingerprint density at radius 1 is 1.17 bits per heavy atom. The van der Waals surface area contributed by atoms with Gasteiger partial charge in [-0.15, -0.1) is 0 Å². The molecular weight excluding hydrogens is 246 g/mol. The van der Waals surface area contributed by atoms with E-state index in [0.717, 1.165) is 37.4 Å². The normalized spacial score (nSPS) is 29.1. The minimum absolute atomic E-state index is 0.446. The Hall–Kier alpha value is -0.860. The quantitative estimate of drug-likeness (QED) is 0.775. The molecule has 3 rings (SSSR count). The average Bonchev–Trinajstić information content (AvgIpc) is 2.39. The molecule has 1 aromatic rings. The number of fused-ring (bicyclic) bond motifs is 1. The van der Waals surface area contributed by atoms with Crippen LogP contribution in [0, 0.1) is 0 Å². The number of benzene rings is 1. The van der Waals surface area contributed by atoms with E-state index in [2.05, 4.69) is 17.0 Å². The summed E-state index contributed by atoms with van der Waals surface area (Å²) < 4.78 is 0. The van der Waals surface area contributed by atoms with Gasteiger partial charge in [-0.1, -0.05) is 23.7 Å². The molecule has 0 aliphatic carbocycles. The highest BCUT2D eigenvalue weighted by Gasteiger charge is 2.33. The summed E-state index contributed by atoms with van der Waals surface area (Å²) in [6.07, 6.45) is 3.85. The first-order chi connectivity index (χ1) is 8.72. The maximum absolute atomic E-state index is 11.5. The molecule has 2 atom stereocenters. The molecule has 2 fully saturated rings. The maximum Gasteiger partial charge on any atom is 0.135 e. The standard InChI is InChI=1S/C15H18ClNO/c16-13-4-1-11(2-5-13)12-3-6-14-9-15(18)7-8-17(14)10-12/h1-2,4-5,12,14H,3,6-10H2/t12-,14+/m1/s1. The summed E-state index contributed by atoms with van der Waals surface area (Å²) in [5, 5.41) is 0.802. The van der Waals surface area contributed by atoms with Crippen LogP contribution < -0.4 is 0 Å². The molecule has 2 aliphatic heterocycles. The third-order valence-electron chi connectivity index (χ3n) is 4.30. The minimum Gasteiger partial charge on any atom is -0.300 e. The molecule has 0 unspecified atom stereocenters. The van der Waals surface area contributed by atoms with Crippen LogP contribution in [0.5, 0.6) is 0 Å². The van der Waals surface area contributed by atoms with E-state index in [9.17, 15) is 4.79 Å². The summed E-state index contributed by atoms with van der Waals surface area (Å²) in [6.45, 7) is 2.05. The molecule has 0 radical (unpaired) electrons. The van der Waals surface area contributed by atoms with E-state index in [1.807, 2.05) is 12.1 Å². The lowest BCUT2D eigenvalue weighted by molar-refractivity contribution is -0.124. The van der Waals surface area contributed by atoms with Crippen LogP contribution in [0.4, 0.5) is 0 Å². The van der Waals surface area contributed by atoms with Crippen LogP contribution in [-0.2, 0) is 4.79 Å². The fourth-order valence-electron chi connectivity index (χ4n) is 3.24. The molecule has 3 heteroatoms. The van der Waals surface area contributed by atoms with Gasteiger partial charge in [0.25, 0.3) is 0 Å². The number of carbonyl (C=O) groups is 1. The Labute approximate surface area is 113 Å². The van der Waals surface area contributed by atoms with E-state index in [1.54, 1.807) is 0 Å². The summed E-state index contributed by atoms with van der Waals surface area (Å²) in [7, 11) is 0. The van der Waals surface area contributed by atoms with Crippen LogP contribution in [-0.4, -0.2) is 29.8 Å². The third-order valence-corrected chi connectivity index (χ3v) is 4.55. The van der Waals surface area contributed by atoms with Gasteiger partial charge in [0.05, 0.1) is 0 Å². The molecule has 0 bridgehead atoms. The van der Waals surface area contributed by atoms with Crippen LogP contribution >= 0.6 is 11.6 Å². The van der Waals surface area contributed by atoms with Crippen LogP contribution in [0.25, 0.3) is 0 Å². The van der Waals surface area contributed by atoms with E-state index in [0.29, 0.717) is 17.7 Å². The van der Waals surface area contributed by atoms with Crippen molar-refractivity contribution in [1.29, 1.82) is 0 Å². The van der Waals surface area contributed by atoms with Gasteiger partial charge < -0.3 is 0 Å². The maximum atomic E-state index is 11.5. The summed E-state index contributed by atoms with van der Waals surface area (Å²) in [4.78, 5) is 14.0. The van der Waals surface area contributed by atoms with Crippen LogP contribution in [0.3, 0.4) is 0 Å². The highest BCUT2D eigenvalue weighted by atomic mass is 35.5. The van der Waals surface area contributed by atoms with Crippen molar-refractivity contribution in [3.8, 4) is 0 Å². The Kier molecular flexibility index (Phi) is 3.40. The molecule has 2 saturated heterocycles. The van der Waals surface area contributed by atoms with Gasteiger partial charge >= 0.3 is 0 Å². The molecule has 0 aromatic heterocycles. The highest BCUT2D eigenvalue weighted by molar-refractivity contribution is 6.30. The van der Waals surface area contributed by atoms with Crippen LogP contribution in [0.15, 0.2) is 24.3 Å². The SMILES string of the molecule is O=C1CCN2C[C@H](c3ccc(Cl)cc3)CC[C@H]2C1. The van der Waals surface area contributed by atoms with Gasteiger partial charge in [0, 0.05) is 37.0 Å². The van der Waals surface area contributed by atoms with Crippen molar-refractivity contribution in [2.75, 3.05) is 13.1 Å². The summed E-state index contributed by atoms with van der Waals surface area (Å²) in [6, 6.07) is 8.74. The van der Waals surface area contributed by atoms with Crippen molar-refractivity contribution in [2.24, 2.45) is 0 Å².